The molecular weight excluding hydrogens is 288 g/mol. The van der Waals surface area contributed by atoms with Crippen molar-refractivity contribution in [2.45, 2.75) is 32.1 Å². The lowest BCUT2D eigenvalue weighted by Crippen LogP contribution is -2.33. The fourth-order valence-corrected chi connectivity index (χ4v) is 2.64. The Morgan fingerprint density at radius 1 is 1.37 bits per heavy atom. The topological polar surface area (TPSA) is 29.1 Å². The molecule has 0 aliphatic heterocycles. The predicted molar refractivity (Wildman–Crippen MR) is 77.5 cm³/mol. The number of carbonyl (C=O) groups is 1. The number of alkyl halides is 1. The van der Waals surface area contributed by atoms with Crippen molar-refractivity contribution in [1.82, 2.24) is 5.32 Å². The molecule has 1 rings (SSSR count). The number of amides is 1. The third-order valence-electron chi connectivity index (χ3n) is 3.21. The van der Waals surface area contributed by atoms with E-state index in [-0.39, 0.29) is 16.0 Å². The summed E-state index contributed by atoms with van der Waals surface area (Å²) < 4.78 is 13.5. The Morgan fingerprint density at radius 2 is 2.00 bits per heavy atom. The van der Waals surface area contributed by atoms with E-state index in [1.807, 2.05) is 0 Å². The smallest absolute Gasteiger partial charge is 0.255 e. The Bertz CT molecular complexity index is 415. The van der Waals surface area contributed by atoms with Gasteiger partial charge in [-0.3, -0.25) is 4.79 Å². The van der Waals surface area contributed by atoms with Gasteiger partial charge >= 0.3 is 0 Å². The van der Waals surface area contributed by atoms with Crippen LogP contribution in [-0.2, 0) is 0 Å². The molecule has 0 radical (unpaired) electrons. The van der Waals surface area contributed by atoms with Gasteiger partial charge in [0.15, 0.2) is 0 Å². The molecule has 0 bridgehead atoms. The summed E-state index contributed by atoms with van der Waals surface area (Å²) >= 11 is 12.0. The number of halogens is 3. The second kappa shape index (κ2) is 7.71. The lowest BCUT2D eigenvalue weighted by molar-refractivity contribution is 0.0947. The minimum atomic E-state index is -0.626. The number of hydrogen-bond acceptors (Lipinski definition) is 1. The van der Waals surface area contributed by atoms with Crippen molar-refractivity contribution < 1.29 is 9.18 Å². The fraction of sp³-hybridized carbons (Fsp3) is 0.500. The van der Waals surface area contributed by atoms with Gasteiger partial charge in [-0.1, -0.05) is 44.4 Å². The Hall–Kier alpha value is -0.800. The van der Waals surface area contributed by atoms with Gasteiger partial charge in [-0.15, -0.1) is 11.6 Å². The summed E-state index contributed by atoms with van der Waals surface area (Å²) in [6.07, 6.45) is 1.89. The van der Waals surface area contributed by atoms with Crippen LogP contribution >= 0.6 is 23.2 Å². The molecule has 1 aromatic rings. The lowest BCUT2D eigenvalue weighted by atomic mass is 9.99. The highest BCUT2D eigenvalue weighted by Crippen LogP contribution is 2.20. The highest BCUT2D eigenvalue weighted by Gasteiger charge is 2.19. The van der Waals surface area contributed by atoms with Gasteiger partial charge in [0.25, 0.3) is 5.91 Å². The van der Waals surface area contributed by atoms with E-state index in [1.54, 1.807) is 0 Å². The first-order valence-electron chi connectivity index (χ1n) is 6.37. The van der Waals surface area contributed by atoms with Crippen LogP contribution in [-0.4, -0.2) is 17.8 Å². The largest absolute Gasteiger partial charge is 0.350 e. The molecule has 106 valence electrons. The predicted octanol–water partition coefficient (Wildman–Crippen LogP) is 4.25. The molecule has 0 saturated carbocycles. The van der Waals surface area contributed by atoms with Gasteiger partial charge < -0.3 is 5.32 Å². The standard InChI is InChI=1S/C14H18Cl2FNO/c1-3-9(4-2)11(16)8-18-14(19)13-10(15)6-5-7-12(13)17/h5-7,9,11H,3-4,8H2,1-2H3,(H,18,19). The van der Waals surface area contributed by atoms with Crippen LogP contribution in [0.4, 0.5) is 4.39 Å². The number of hydrogen-bond donors (Lipinski definition) is 1. The van der Waals surface area contributed by atoms with E-state index in [1.165, 1.54) is 18.2 Å². The summed E-state index contributed by atoms with van der Waals surface area (Å²) in [6, 6.07) is 4.15. The average molecular weight is 306 g/mol. The minimum Gasteiger partial charge on any atom is -0.350 e. The van der Waals surface area contributed by atoms with Crippen molar-refractivity contribution in [2.24, 2.45) is 5.92 Å². The zero-order valence-corrected chi connectivity index (χ0v) is 12.6. The third kappa shape index (κ3) is 4.36. The van der Waals surface area contributed by atoms with E-state index in [0.29, 0.717) is 12.5 Å². The molecule has 0 aliphatic rings. The first-order valence-corrected chi connectivity index (χ1v) is 7.18. The van der Waals surface area contributed by atoms with E-state index >= 15 is 0 Å². The van der Waals surface area contributed by atoms with E-state index in [9.17, 15) is 9.18 Å². The summed E-state index contributed by atoms with van der Waals surface area (Å²) in [5, 5.41) is 2.57. The number of rotatable bonds is 6. The van der Waals surface area contributed by atoms with Crippen LogP contribution in [0.25, 0.3) is 0 Å². The fourth-order valence-electron chi connectivity index (χ4n) is 1.96. The molecule has 5 heteroatoms. The number of nitrogens with one attached hydrogen (secondary N) is 1. The zero-order chi connectivity index (χ0) is 14.4. The molecule has 1 N–H and O–H groups in total. The third-order valence-corrected chi connectivity index (χ3v) is 4.03. The first-order chi connectivity index (χ1) is 9.01. The molecule has 0 spiro atoms. The van der Waals surface area contributed by atoms with E-state index in [0.717, 1.165) is 12.8 Å². The van der Waals surface area contributed by atoms with Crippen molar-refractivity contribution in [3.05, 3.63) is 34.6 Å². The van der Waals surface area contributed by atoms with Crippen LogP contribution in [0, 0.1) is 11.7 Å². The van der Waals surface area contributed by atoms with Gasteiger partial charge in [-0.05, 0) is 18.1 Å². The first kappa shape index (κ1) is 16.3. The summed E-state index contributed by atoms with van der Waals surface area (Å²) in [5.74, 6) is -0.823. The molecule has 19 heavy (non-hydrogen) atoms. The maximum Gasteiger partial charge on any atom is 0.255 e. The van der Waals surface area contributed by atoms with Crippen LogP contribution in [0.15, 0.2) is 18.2 Å². The van der Waals surface area contributed by atoms with E-state index < -0.39 is 11.7 Å². The molecule has 2 nitrogen and oxygen atoms in total. The van der Waals surface area contributed by atoms with Gasteiger partial charge in [0, 0.05) is 6.54 Å². The van der Waals surface area contributed by atoms with Gasteiger partial charge in [-0.2, -0.15) is 0 Å². The van der Waals surface area contributed by atoms with Crippen molar-refractivity contribution in [2.75, 3.05) is 6.54 Å². The Kier molecular flexibility index (Phi) is 6.59. The summed E-state index contributed by atoms with van der Waals surface area (Å²) in [5.41, 5.74) is -0.127. The van der Waals surface area contributed by atoms with Gasteiger partial charge in [0.05, 0.1) is 16.0 Å². The molecule has 0 fully saturated rings. The summed E-state index contributed by atoms with van der Waals surface area (Å²) in [4.78, 5) is 11.9. The van der Waals surface area contributed by atoms with Crippen molar-refractivity contribution >= 4 is 29.1 Å². The van der Waals surface area contributed by atoms with Crippen molar-refractivity contribution in [3.63, 3.8) is 0 Å². The second-order valence-corrected chi connectivity index (χ2v) is 5.37. The van der Waals surface area contributed by atoms with Crippen LogP contribution in [0.5, 0.6) is 0 Å². The molecular formula is C14H18Cl2FNO. The maximum atomic E-state index is 13.5. The normalized spacial score (nSPS) is 12.5. The monoisotopic (exact) mass is 305 g/mol. The molecule has 0 saturated heterocycles. The van der Waals surface area contributed by atoms with Crippen molar-refractivity contribution in [3.8, 4) is 0 Å². The Morgan fingerprint density at radius 3 is 2.53 bits per heavy atom. The highest BCUT2D eigenvalue weighted by atomic mass is 35.5. The highest BCUT2D eigenvalue weighted by molar-refractivity contribution is 6.33. The van der Waals surface area contributed by atoms with Gasteiger partial charge in [0.2, 0.25) is 0 Å². The molecule has 1 amide bonds. The lowest BCUT2D eigenvalue weighted by Gasteiger charge is -2.19. The van der Waals surface area contributed by atoms with Crippen LogP contribution in [0.2, 0.25) is 5.02 Å². The SMILES string of the molecule is CCC(CC)C(Cl)CNC(=O)c1c(F)cccc1Cl. The van der Waals surface area contributed by atoms with Crippen LogP contribution in [0.3, 0.4) is 0 Å². The number of carbonyl (C=O) groups excluding carboxylic acids is 1. The van der Waals surface area contributed by atoms with Gasteiger partial charge in [0.1, 0.15) is 5.82 Å². The van der Waals surface area contributed by atoms with Crippen LogP contribution < -0.4 is 5.32 Å². The van der Waals surface area contributed by atoms with Gasteiger partial charge in [-0.25, -0.2) is 4.39 Å². The number of benzene rings is 1. The molecule has 0 aromatic heterocycles. The average Bonchev–Trinajstić information content (AvgIpc) is 2.37. The van der Waals surface area contributed by atoms with E-state index in [4.69, 9.17) is 23.2 Å². The summed E-state index contributed by atoms with van der Waals surface area (Å²) in [6.45, 7) is 4.41. The van der Waals surface area contributed by atoms with Crippen LogP contribution in [0.1, 0.15) is 37.0 Å². The maximum absolute atomic E-state index is 13.5. The minimum absolute atomic E-state index is 0.103. The zero-order valence-electron chi connectivity index (χ0n) is 11.1. The van der Waals surface area contributed by atoms with E-state index in [2.05, 4.69) is 19.2 Å². The molecule has 1 aromatic carbocycles. The molecule has 0 heterocycles. The van der Waals surface area contributed by atoms with Crippen molar-refractivity contribution in [1.29, 1.82) is 0 Å². The second-order valence-electron chi connectivity index (χ2n) is 4.40. The summed E-state index contributed by atoms with van der Waals surface area (Å²) in [7, 11) is 0. The molecule has 0 aliphatic carbocycles. The Balaban J connectivity index is 2.66. The molecule has 1 atom stereocenters. The quantitative estimate of drug-likeness (QED) is 0.782. The molecule has 1 unspecified atom stereocenters. The Labute approximate surface area is 123 Å².